The van der Waals surface area contributed by atoms with Gasteiger partial charge in [-0.1, -0.05) is 12.1 Å². The second-order valence-electron chi connectivity index (χ2n) is 5.65. The number of hydrogen-bond donors (Lipinski definition) is 0. The third-order valence-electron chi connectivity index (χ3n) is 3.59. The summed E-state index contributed by atoms with van der Waals surface area (Å²) in [6, 6.07) is 14.6. The van der Waals surface area contributed by atoms with Crippen molar-refractivity contribution in [3.63, 3.8) is 0 Å². The minimum atomic E-state index is -0.485. The molecule has 0 fully saturated rings. The maximum absolute atomic E-state index is 12.9. The highest BCUT2D eigenvalue weighted by Crippen LogP contribution is 2.16. The lowest BCUT2D eigenvalue weighted by atomic mass is 10.1. The minimum absolute atomic E-state index is 0.0591. The van der Waals surface area contributed by atoms with Gasteiger partial charge in [-0.3, -0.25) is 0 Å². The topological polar surface area (TPSA) is 72.2 Å². The molecule has 3 aromatic rings. The Kier molecular flexibility index (Phi) is 6.50. The van der Waals surface area contributed by atoms with Gasteiger partial charge in [0.05, 0.1) is 17.3 Å². The monoisotopic (exact) mass is 394 g/mol. The largest absolute Gasteiger partial charge is 0.486 e. The van der Waals surface area contributed by atoms with E-state index in [0.29, 0.717) is 17.0 Å². The fourth-order valence-electron chi connectivity index (χ4n) is 2.18. The van der Waals surface area contributed by atoms with Gasteiger partial charge in [-0.05, 0) is 48.0 Å². The molecule has 1 heterocycles. The van der Waals surface area contributed by atoms with E-state index in [2.05, 4.69) is 4.98 Å². The zero-order chi connectivity index (χ0) is 19.8. The van der Waals surface area contributed by atoms with Crippen LogP contribution in [0.3, 0.4) is 0 Å². The summed E-state index contributed by atoms with van der Waals surface area (Å²) in [4.78, 5) is 16.2. The van der Waals surface area contributed by atoms with E-state index in [0.717, 1.165) is 10.6 Å². The van der Waals surface area contributed by atoms with Crippen molar-refractivity contribution >= 4 is 23.4 Å². The second kappa shape index (κ2) is 9.44. The van der Waals surface area contributed by atoms with Gasteiger partial charge >= 0.3 is 5.97 Å². The van der Waals surface area contributed by atoms with Gasteiger partial charge in [-0.15, -0.1) is 11.3 Å². The first-order valence-corrected chi connectivity index (χ1v) is 9.17. The molecule has 28 heavy (non-hydrogen) atoms. The Hall–Kier alpha value is -3.50. The molecule has 0 aliphatic heterocycles. The molecule has 0 N–H and O–H groups in total. The van der Waals surface area contributed by atoms with E-state index in [4.69, 9.17) is 14.7 Å². The van der Waals surface area contributed by atoms with Gasteiger partial charge < -0.3 is 9.47 Å². The minimum Gasteiger partial charge on any atom is -0.486 e. The number of esters is 1. The van der Waals surface area contributed by atoms with Crippen LogP contribution < -0.4 is 4.74 Å². The summed E-state index contributed by atoms with van der Waals surface area (Å²) in [5.41, 5.74) is 1.98. The number of hydrogen-bond acceptors (Lipinski definition) is 6. The summed E-state index contributed by atoms with van der Waals surface area (Å²) in [6.45, 7) is 0.312. The van der Waals surface area contributed by atoms with Crippen LogP contribution in [0.25, 0.3) is 6.08 Å². The fraction of sp³-hybridized carbons (Fsp3) is 0.0952. The number of ether oxygens (including phenoxy) is 2. The molecule has 1 aromatic heterocycles. The summed E-state index contributed by atoms with van der Waals surface area (Å²) >= 11 is 1.39. The number of aromatic nitrogens is 1. The summed E-state index contributed by atoms with van der Waals surface area (Å²) in [5.74, 6) is -0.252. The number of carbonyl (C=O) groups is 1. The first-order valence-electron chi connectivity index (χ1n) is 8.29. The van der Waals surface area contributed by atoms with Gasteiger partial charge in [0.1, 0.15) is 29.8 Å². The normalized spacial score (nSPS) is 10.6. The van der Waals surface area contributed by atoms with Crippen LogP contribution in [0.1, 0.15) is 21.8 Å². The van der Waals surface area contributed by atoms with E-state index in [1.807, 2.05) is 6.07 Å². The van der Waals surface area contributed by atoms with Crippen LogP contribution >= 0.6 is 11.3 Å². The third-order valence-corrected chi connectivity index (χ3v) is 4.46. The highest BCUT2D eigenvalue weighted by molar-refractivity contribution is 7.09. The average molecular weight is 394 g/mol. The molecule has 0 saturated carbocycles. The second-order valence-corrected chi connectivity index (χ2v) is 6.59. The molecule has 7 heteroatoms. The number of thiazole rings is 1. The van der Waals surface area contributed by atoms with E-state index >= 15 is 0 Å². The van der Waals surface area contributed by atoms with E-state index < -0.39 is 5.97 Å². The lowest BCUT2D eigenvalue weighted by molar-refractivity contribution is -0.139. The van der Waals surface area contributed by atoms with Gasteiger partial charge in [0.15, 0.2) is 0 Å². The van der Waals surface area contributed by atoms with Crippen molar-refractivity contribution in [2.45, 2.75) is 13.2 Å². The number of carbonyl (C=O) groups excluding carboxylic acids is 1. The van der Waals surface area contributed by atoms with E-state index in [-0.39, 0.29) is 19.0 Å². The molecule has 0 aliphatic rings. The molecule has 0 atom stereocenters. The van der Waals surface area contributed by atoms with Crippen molar-refractivity contribution in [2.75, 3.05) is 0 Å². The molecule has 3 rings (SSSR count). The Morgan fingerprint density at radius 2 is 1.89 bits per heavy atom. The lowest BCUT2D eigenvalue weighted by Crippen LogP contribution is -2.01. The predicted molar refractivity (Wildman–Crippen MR) is 103 cm³/mol. The molecular formula is C21H15FN2O3S. The summed E-state index contributed by atoms with van der Waals surface area (Å²) < 4.78 is 23.6. The molecule has 0 bridgehead atoms. The first-order chi connectivity index (χ1) is 13.6. The maximum atomic E-state index is 12.9. The summed E-state index contributed by atoms with van der Waals surface area (Å²) in [5, 5.41) is 11.3. The van der Waals surface area contributed by atoms with Crippen LogP contribution in [0.5, 0.6) is 5.75 Å². The molecule has 2 aromatic carbocycles. The van der Waals surface area contributed by atoms with Crippen LogP contribution in [0, 0.1) is 17.1 Å². The Bertz CT molecular complexity index is 1010. The van der Waals surface area contributed by atoms with E-state index in [1.165, 1.54) is 29.5 Å². The standard InChI is InChI=1S/C21H15FN2O3S/c22-17-6-8-19(9-7-17)26-13-20-24-18(14-28-20)12-27-21(25)10-5-15-1-3-16(11-23)4-2-15/h1-10,14H,12-13H2/b10-5+. The van der Waals surface area contributed by atoms with E-state index in [9.17, 15) is 9.18 Å². The highest BCUT2D eigenvalue weighted by Gasteiger charge is 2.06. The quantitative estimate of drug-likeness (QED) is 0.436. The first kappa shape index (κ1) is 19.3. The molecule has 5 nitrogen and oxygen atoms in total. The average Bonchev–Trinajstić information content (AvgIpc) is 3.18. The van der Waals surface area contributed by atoms with Crippen molar-refractivity contribution in [3.05, 3.63) is 87.6 Å². The van der Waals surface area contributed by atoms with Gasteiger partial charge in [0, 0.05) is 11.5 Å². The smallest absolute Gasteiger partial charge is 0.331 e. The van der Waals surface area contributed by atoms with Crippen LogP contribution in [-0.4, -0.2) is 11.0 Å². The van der Waals surface area contributed by atoms with Gasteiger partial charge in [-0.2, -0.15) is 5.26 Å². The number of rotatable bonds is 7. The zero-order valence-electron chi connectivity index (χ0n) is 14.7. The molecule has 0 amide bonds. The number of nitrogens with zero attached hydrogens (tertiary/aromatic N) is 2. The van der Waals surface area contributed by atoms with Crippen molar-refractivity contribution in [3.8, 4) is 11.8 Å². The molecule has 0 spiro atoms. The third kappa shape index (κ3) is 5.76. The SMILES string of the molecule is N#Cc1ccc(/C=C/C(=O)OCc2csc(COc3ccc(F)cc3)n2)cc1. The van der Waals surface area contributed by atoms with Crippen LogP contribution in [0.4, 0.5) is 4.39 Å². The van der Waals surface area contributed by atoms with Crippen molar-refractivity contribution in [1.29, 1.82) is 5.26 Å². The summed E-state index contributed by atoms with van der Waals surface area (Å²) in [6.07, 6.45) is 2.94. The molecule has 0 radical (unpaired) electrons. The Morgan fingerprint density at radius 1 is 1.14 bits per heavy atom. The molecule has 140 valence electrons. The molecule has 0 saturated heterocycles. The van der Waals surface area contributed by atoms with Crippen LogP contribution in [-0.2, 0) is 22.7 Å². The van der Waals surface area contributed by atoms with Crippen molar-refractivity contribution in [1.82, 2.24) is 4.98 Å². The van der Waals surface area contributed by atoms with Crippen molar-refractivity contribution in [2.24, 2.45) is 0 Å². The Labute approximate surface area is 165 Å². The van der Waals surface area contributed by atoms with Crippen molar-refractivity contribution < 1.29 is 18.7 Å². The predicted octanol–water partition coefficient (Wildman–Crippen LogP) is 4.49. The summed E-state index contributed by atoms with van der Waals surface area (Å²) in [7, 11) is 0. The van der Waals surface area contributed by atoms with Gasteiger partial charge in [-0.25, -0.2) is 14.2 Å². The van der Waals surface area contributed by atoms with Crippen LogP contribution in [0.2, 0.25) is 0 Å². The van der Waals surface area contributed by atoms with Gasteiger partial charge in [0.25, 0.3) is 0 Å². The highest BCUT2D eigenvalue weighted by atomic mass is 32.1. The maximum Gasteiger partial charge on any atom is 0.331 e. The number of benzene rings is 2. The number of halogens is 1. The Morgan fingerprint density at radius 3 is 2.61 bits per heavy atom. The zero-order valence-corrected chi connectivity index (χ0v) is 15.5. The lowest BCUT2D eigenvalue weighted by Gasteiger charge is -2.03. The molecule has 0 unspecified atom stereocenters. The molecule has 0 aliphatic carbocycles. The van der Waals surface area contributed by atoms with Gasteiger partial charge in [0.2, 0.25) is 0 Å². The van der Waals surface area contributed by atoms with Crippen LogP contribution in [0.15, 0.2) is 60.0 Å². The molecular weight excluding hydrogens is 379 g/mol. The Balaban J connectivity index is 1.45. The van der Waals surface area contributed by atoms with E-state index in [1.54, 1.807) is 47.9 Å². The fourth-order valence-corrected chi connectivity index (χ4v) is 2.87. The number of nitriles is 1.